The van der Waals surface area contributed by atoms with Crippen molar-refractivity contribution in [3.8, 4) is 5.75 Å². The van der Waals surface area contributed by atoms with Crippen molar-refractivity contribution in [3.63, 3.8) is 0 Å². The zero-order valence-electron chi connectivity index (χ0n) is 12.7. The van der Waals surface area contributed by atoms with Crippen molar-refractivity contribution in [2.45, 2.75) is 12.8 Å². The lowest BCUT2D eigenvalue weighted by Gasteiger charge is -2.38. The molecule has 22 heavy (non-hydrogen) atoms. The van der Waals surface area contributed by atoms with Crippen LogP contribution in [0.5, 0.6) is 5.75 Å². The van der Waals surface area contributed by atoms with Crippen LogP contribution < -0.4 is 4.90 Å². The number of fused-ring (bicyclic) bond motifs is 2. The average molecular weight is 298 g/mol. The second-order valence-electron chi connectivity index (χ2n) is 6.69. The maximum Gasteiger partial charge on any atom is 0.226 e. The van der Waals surface area contributed by atoms with Crippen molar-refractivity contribution in [2.24, 2.45) is 17.8 Å². The standard InChI is InChI=1S/C18H22N2O2/c21-17-4-2-1-3-16(17)19-7-9-20(10-8-19)18(22)15-12-13-5-6-14(15)11-13/h1-6,13-15,21H,7-12H2. The number of hydrogen-bond acceptors (Lipinski definition) is 3. The van der Waals surface area contributed by atoms with Crippen LogP contribution in [0, 0.1) is 17.8 Å². The molecule has 0 radical (unpaired) electrons. The SMILES string of the molecule is O=C(C1CC2C=CC1C2)N1CCN(c2ccccc2O)CC1. The van der Waals surface area contributed by atoms with Gasteiger partial charge in [0.1, 0.15) is 5.75 Å². The molecule has 4 heteroatoms. The molecule has 3 aliphatic rings. The molecule has 3 atom stereocenters. The fourth-order valence-corrected chi connectivity index (χ4v) is 4.20. The number of carbonyl (C=O) groups excluding carboxylic acids is 1. The molecule has 4 rings (SSSR count). The van der Waals surface area contributed by atoms with Crippen LogP contribution in [0.4, 0.5) is 5.69 Å². The number of allylic oxidation sites excluding steroid dienone is 2. The first-order valence-corrected chi connectivity index (χ1v) is 8.22. The average Bonchev–Trinajstić information content (AvgIpc) is 3.18. The van der Waals surface area contributed by atoms with Crippen LogP contribution in [-0.4, -0.2) is 42.1 Å². The van der Waals surface area contributed by atoms with Crippen molar-refractivity contribution in [3.05, 3.63) is 36.4 Å². The van der Waals surface area contributed by atoms with Gasteiger partial charge in [0, 0.05) is 32.1 Å². The lowest BCUT2D eigenvalue weighted by molar-refractivity contribution is -0.136. The maximum absolute atomic E-state index is 12.7. The molecule has 1 amide bonds. The van der Waals surface area contributed by atoms with E-state index < -0.39 is 0 Å². The number of anilines is 1. The predicted octanol–water partition coefficient (Wildman–Crippen LogP) is 2.25. The van der Waals surface area contributed by atoms with E-state index in [9.17, 15) is 9.90 Å². The fourth-order valence-electron chi connectivity index (χ4n) is 4.20. The highest BCUT2D eigenvalue weighted by molar-refractivity contribution is 5.80. The normalized spacial score (nSPS) is 30.1. The van der Waals surface area contributed by atoms with Gasteiger partial charge >= 0.3 is 0 Å². The number of piperazine rings is 1. The molecule has 1 N–H and O–H groups in total. The van der Waals surface area contributed by atoms with E-state index in [0.717, 1.165) is 38.3 Å². The third-order valence-electron chi connectivity index (χ3n) is 5.41. The first-order chi connectivity index (χ1) is 10.7. The molecule has 1 heterocycles. The summed E-state index contributed by atoms with van der Waals surface area (Å²) in [6, 6.07) is 7.43. The van der Waals surface area contributed by atoms with Crippen LogP contribution in [0.1, 0.15) is 12.8 Å². The summed E-state index contributed by atoms with van der Waals surface area (Å²) in [6.45, 7) is 3.09. The second-order valence-corrected chi connectivity index (χ2v) is 6.69. The molecular weight excluding hydrogens is 276 g/mol. The van der Waals surface area contributed by atoms with Gasteiger partial charge in [-0.25, -0.2) is 0 Å². The van der Waals surface area contributed by atoms with E-state index in [4.69, 9.17) is 0 Å². The van der Waals surface area contributed by atoms with E-state index in [1.165, 1.54) is 6.42 Å². The Balaban J connectivity index is 1.39. The van der Waals surface area contributed by atoms with Gasteiger partial charge in [0.05, 0.1) is 5.69 Å². The van der Waals surface area contributed by atoms with Gasteiger partial charge in [-0.15, -0.1) is 0 Å². The molecule has 1 aliphatic heterocycles. The third-order valence-corrected chi connectivity index (χ3v) is 5.41. The summed E-state index contributed by atoms with van der Waals surface area (Å²) in [5.41, 5.74) is 0.873. The molecule has 1 saturated carbocycles. The van der Waals surface area contributed by atoms with Crippen molar-refractivity contribution < 1.29 is 9.90 Å². The molecule has 1 aromatic carbocycles. The Morgan fingerprint density at radius 1 is 1.05 bits per heavy atom. The zero-order valence-corrected chi connectivity index (χ0v) is 12.7. The lowest BCUT2D eigenvalue weighted by atomic mass is 9.92. The number of para-hydroxylation sites is 2. The summed E-state index contributed by atoms with van der Waals surface area (Å²) in [5.74, 6) is 2.00. The number of aromatic hydroxyl groups is 1. The van der Waals surface area contributed by atoms with Crippen LogP contribution in [-0.2, 0) is 4.79 Å². The van der Waals surface area contributed by atoms with Crippen molar-refractivity contribution in [1.29, 1.82) is 0 Å². The molecule has 2 aliphatic carbocycles. The lowest BCUT2D eigenvalue weighted by Crippen LogP contribution is -2.50. The van der Waals surface area contributed by atoms with E-state index in [1.54, 1.807) is 6.07 Å². The fraction of sp³-hybridized carbons (Fsp3) is 0.500. The smallest absolute Gasteiger partial charge is 0.226 e. The highest BCUT2D eigenvalue weighted by Crippen LogP contribution is 2.44. The minimum Gasteiger partial charge on any atom is -0.506 e. The van der Waals surface area contributed by atoms with Gasteiger partial charge in [0.2, 0.25) is 5.91 Å². The Bertz CT molecular complexity index is 605. The van der Waals surface area contributed by atoms with Gasteiger partial charge in [0.15, 0.2) is 0 Å². The molecule has 0 aromatic heterocycles. The molecule has 2 fully saturated rings. The van der Waals surface area contributed by atoms with Crippen LogP contribution in [0.15, 0.2) is 36.4 Å². The molecule has 0 spiro atoms. The van der Waals surface area contributed by atoms with E-state index in [0.29, 0.717) is 23.5 Å². The van der Waals surface area contributed by atoms with E-state index in [-0.39, 0.29) is 5.92 Å². The number of phenolic OH excluding ortho intramolecular Hbond substituents is 1. The largest absolute Gasteiger partial charge is 0.506 e. The predicted molar refractivity (Wildman–Crippen MR) is 85.7 cm³/mol. The summed E-state index contributed by atoms with van der Waals surface area (Å²) >= 11 is 0. The summed E-state index contributed by atoms with van der Waals surface area (Å²) < 4.78 is 0. The Labute approximate surface area is 131 Å². The molecule has 1 aromatic rings. The Morgan fingerprint density at radius 2 is 1.82 bits per heavy atom. The number of amides is 1. The van der Waals surface area contributed by atoms with Crippen molar-refractivity contribution in [1.82, 2.24) is 4.90 Å². The van der Waals surface area contributed by atoms with Gasteiger partial charge in [-0.1, -0.05) is 24.3 Å². The molecule has 116 valence electrons. The number of benzene rings is 1. The quantitative estimate of drug-likeness (QED) is 0.852. The van der Waals surface area contributed by atoms with Gasteiger partial charge in [-0.2, -0.15) is 0 Å². The Hall–Kier alpha value is -1.97. The number of nitrogens with zero attached hydrogens (tertiary/aromatic N) is 2. The van der Waals surface area contributed by atoms with Gasteiger partial charge in [-0.05, 0) is 36.8 Å². The summed E-state index contributed by atoms with van der Waals surface area (Å²) in [6.07, 6.45) is 6.74. The monoisotopic (exact) mass is 298 g/mol. The first-order valence-electron chi connectivity index (χ1n) is 8.22. The van der Waals surface area contributed by atoms with E-state index >= 15 is 0 Å². The summed E-state index contributed by atoms with van der Waals surface area (Å²) in [7, 11) is 0. The Morgan fingerprint density at radius 3 is 2.45 bits per heavy atom. The summed E-state index contributed by atoms with van der Waals surface area (Å²) in [4.78, 5) is 16.9. The molecule has 4 nitrogen and oxygen atoms in total. The highest BCUT2D eigenvalue weighted by Gasteiger charge is 2.41. The van der Waals surface area contributed by atoms with Gasteiger partial charge in [-0.3, -0.25) is 4.79 Å². The van der Waals surface area contributed by atoms with E-state index in [2.05, 4.69) is 17.1 Å². The van der Waals surface area contributed by atoms with Crippen LogP contribution in [0.2, 0.25) is 0 Å². The minimum absolute atomic E-state index is 0.215. The number of carbonyl (C=O) groups is 1. The van der Waals surface area contributed by atoms with E-state index in [1.807, 2.05) is 23.1 Å². The van der Waals surface area contributed by atoms with Crippen molar-refractivity contribution in [2.75, 3.05) is 31.1 Å². The second kappa shape index (κ2) is 5.34. The maximum atomic E-state index is 12.7. The molecule has 1 saturated heterocycles. The molecule has 3 unspecified atom stereocenters. The summed E-state index contributed by atoms with van der Waals surface area (Å²) in [5, 5.41) is 9.95. The van der Waals surface area contributed by atoms with Crippen molar-refractivity contribution >= 4 is 11.6 Å². The number of hydrogen-bond donors (Lipinski definition) is 1. The van der Waals surface area contributed by atoms with Gasteiger partial charge < -0.3 is 14.9 Å². The minimum atomic E-state index is 0.215. The zero-order chi connectivity index (χ0) is 15.1. The molecule has 2 bridgehead atoms. The highest BCUT2D eigenvalue weighted by atomic mass is 16.3. The number of rotatable bonds is 2. The number of phenols is 1. The molecular formula is C18H22N2O2. The van der Waals surface area contributed by atoms with Crippen LogP contribution >= 0.6 is 0 Å². The topological polar surface area (TPSA) is 43.8 Å². The van der Waals surface area contributed by atoms with Crippen LogP contribution in [0.25, 0.3) is 0 Å². The van der Waals surface area contributed by atoms with Gasteiger partial charge in [0.25, 0.3) is 0 Å². The Kier molecular flexibility index (Phi) is 3.32. The van der Waals surface area contributed by atoms with Crippen LogP contribution in [0.3, 0.4) is 0 Å². The first kappa shape index (κ1) is 13.7. The third kappa shape index (κ3) is 2.27.